The summed E-state index contributed by atoms with van der Waals surface area (Å²) in [7, 11) is 0. The largest absolute Gasteiger partial charge is 0.444 e. The summed E-state index contributed by atoms with van der Waals surface area (Å²) in [6.07, 6.45) is 1.78. The SMILES string of the molecule is CCCCNC(=O)C(c1cc(C)ccc1C)N(C(=O)CNC(=O)OC(C)(C)C)C(C)(C)CC. The summed E-state index contributed by atoms with van der Waals surface area (Å²) in [5.41, 5.74) is 1.43. The summed E-state index contributed by atoms with van der Waals surface area (Å²) < 4.78 is 5.27. The number of aryl methyl sites for hydroxylation is 2. The first-order valence-corrected chi connectivity index (χ1v) is 11.9. The molecular formula is C26H43N3O4. The topological polar surface area (TPSA) is 87.7 Å². The Labute approximate surface area is 199 Å². The molecule has 1 unspecified atom stereocenters. The Morgan fingerprint density at radius 2 is 1.67 bits per heavy atom. The van der Waals surface area contributed by atoms with Crippen LogP contribution in [0.3, 0.4) is 0 Å². The number of alkyl carbamates (subject to hydrolysis) is 1. The van der Waals surface area contributed by atoms with Gasteiger partial charge in [0.1, 0.15) is 18.2 Å². The first kappa shape index (κ1) is 28.5. The molecule has 0 saturated carbocycles. The van der Waals surface area contributed by atoms with Crippen LogP contribution in [0.4, 0.5) is 4.79 Å². The minimum absolute atomic E-state index is 0.218. The van der Waals surface area contributed by atoms with Crippen molar-refractivity contribution in [1.82, 2.24) is 15.5 Å². The van der Waals surface area contributed by atoms with E-state index in [0.29, 0.717) is 13.0 Å². The Hall–Kier alpha value is -2.57. The van der Waals surface area contributed by atoms with Gasteiger partial charge in [-0.1, -0.05) is 44.0 Å². The van der Waals surface area contributed by atoms with Crippen molar-refractivity contribution in [2.75, 3.05) is 13.1 Å². The van der Waals surface area contributed by atoms with Crippen molar-refractivity contribution in [2.24, 2.45) is 0 Å². The fourth-order valence-corrected chi connectivity index (χ4v) is 3.49. The Morgan fingerprint density at radius 3 is 2.21 bits per heavy atom. The number of ether oxygens (including phenoxy) is 1. The summed E-state index contributed by atoms with van der Waals surface area (Å²) in [5, 5.41) is 5.57. The number of hydrogen-bond donors (Lipinski definition) is 2. The molecule has 0 aromatic heterocycles. The molecule has 0 radical (unpaired) electrons. The zero-order valence-electron chi connectivity index (χ0n) is 21.9. The maximum absolute atomic E-state index is 13.5. The van der Waals surface area contributed by atoms with Gasteiger partial charge in [-0.2, -0.15) is 0 Å². The predicted molar refractivity (Wildman–Crippen MR) is 132 cm³/mol. The van der Waals surface area contributed by atoms with Crippen LogP contribution in [0.25, 0.3) is 0 Å². The monoisotopic (exact) mass is 461 g/mol. The summed E-state index contributed by atoms with van der Waals surface area (Å²) in [5.74, 6) is -0.562. The number of rotatable bonds is 10. The smallest absolute Gasteiger partial charge is 0.408 e. The van der Waals surface area contributed by atoms with Gasteiger partial charge in [-0.25, -0.2) is 4.79 Å². The number of unbranched alkanes of at least 4 members (excludes halogenated alkanes) is 1. The maximum Gasteiger partial charge on any atom is 0.408 e. The zero-order chi connectivity index (χ0) is 25.4. The van der Waals surface area contributed by atoms with Gasteiger partial charge in [-0.3, -0.25) is 9.59 Å². The second-order valence-electron chi connectivity index (χ2n) is 10.2. The Morgan fingerprint density at radius 1 is 1.03 bits per heavy atom. The average molecular weight is 462 g/mol. The Kier molecular flexibility index (Phi) is 10.4. The second-order valence-corrected chi connectivity index (χ2v) is 10.2. The van der Waals surface area contributed by atoms with Gasteiger partial charge in [0.05, 0.1) is 0 Å². The van der Waals surface area contributed by atoms with Gasteiger partial charge in [0.15, 0.2) is 0 Å². The Bertz CT molecular complexity index is 827. The number of benzene rings is 1. The van der Waals surface area contributed by atoms with Crippen LogP contribution in [0, 0.1) is 13.8 Å². The van der Waals surface area contributed by atoms with E-state index in [9.17, 15) is 14.4 Å². The molecule has 1 rings (SSSR count). The minimum Gasteiger partial charge on any atom is -0.444 e. The first-order chi connectivity index (χ1) is 15.2. The number of amides is 3. The second kappa shape index (κ2) is 12.1. The van der Waals surface area contributed by atoms with Crippen molar-refractivity contribution >= 4 is 17.9 Å². The van der Waals surface area contributed by atoms with Gasteiger partial charge in [0, 0.05) is 12.1 Å². The lowest BCUT2D eigenvalue weighted by atomic mass is 9.90. The summed E-state index contributed by atoms with van der Waals surface area (Å²) >= 11 is 0. The van der Waals surface area contributed by atoms with E-state index >= 15 is 0 Å². The van der Waals surface area contributed by atoms with Crippen LogP contribution in [0.15, 0.2) is 18.2 Å². The summed E-state index contributed by atoms with van der Waals surface area (Å²) in [6, 6.07) is 5.11. The Balaban J connectivity index is 3.39. The number of nitrogens with zero attached hydrogens (tertiary/aromatic N) is 1. The highest BCUT2D eigenvalue weighted by Crippen LogP contribution is 2.33. The molecule has 0 aliphatic rings. The molecule has 3 amide bonds. The van der Waals surface area contributed by atoms with Gasteiger partial charge >= 0.3 is 6.09 Å². The molecule has 0 saturated heterocycles. The van der Waals surface area contributed by atoms with Crippen molar-refractivity contribution in [1.29, 1.82) is 0 Å². The molecule has 33 heavy (non-hydrogen) atoms. The molecule has 7 nitrogen and oxygen atoms in total. The highest BCUT2D eigenvalue weighted by atomic mass is 16.6. The molecule has 0 fully saturated rings. The first-order valence-electron chi connectivity index (χ1n) is 11.9. The van der Waals surface area contributed by atoms with Crippen LogP contribution in [0.5, 0.6) is 0 Å². The van der Waals surface area contributed by atoms with Crippen LogP contribution >= 0.6 is 0 Å². The number of carbonyl (C=O) groups is 3. The van der Waals surface area contributed by atoms with Crippen LogP contribution in [0.1, 0.15) is 90.5 Å². The quantitative estimate of drug-likeness (QED) is 0.490. The van der Waals surface area contributed by atoms with Gasteiger partial charge in [0.25, 0.3) is 0 Å². The molecule has 1 aromatic rings. The number of nitrogens with one attached hydrogen (secondary N) is 2. The lowest BCUT2D eigenvalue weighted by Crippen LogP contribution is -2.56. The van der Waals surface area contributed by atoms with Crippen molar-refractivity contribution in [3.05, 3.63) is 34.9 Å². The van der Waals surface area contributed by atoms with Crippen molar-refractivity contribution in [3.8, 4) is 0 Å². The van der Waals surface area contributed by atoms with E-state index in [1.54, 1.807) is 25.7 Å². The number of carbonyl (C=O) groups excluding carboxylic acids is 3. The third-order valence-corrected chi connectivity index (χ3v) is 5.63. The molecule has 0 spiro atoms. The van der Waals surface area contributed by atoms with E-state index in [1.165, 1.54) is 0 Å². The summed E-state index contributed by atoms with van der Waals surface area (Å²) in [4.78, 5) is 40.8. The molecule has 186 valence electrons. The van der Waals surface area contributed by atoms with E-state index in [-0.39, 0.29) is 18.4 Å². The summed E-state index contributed by atoms with van der Waals surface area (Å²) in [6.45, 7) is 17.4. The molecule has 1 aromatic carbocycles. The van der Waals surface area contributed by atoms with Crippen LogP contribution in [-0.2, 0) is 14.3 Å². The number of hydrogen-bond acceptors (Lipinski definition) is 4. The van der Waals surface area contributed by atoms with E-state index in [2.05, 4.69) is 17.6 Å². The molecule has 0 bridgehead atoms. The molecule has 0 aliphatic heterocycles. The predicted octanol–water partition coefficient (Wildman–Crippen LogP) is 4.80. The highest BCUT2D eigenvalue weighted by Gasteiger charge is 2.40. The standard InChI is InChI=1S/C26H43N3O4/c1-10-12-15-27-23(31)22(20-16-18(3)13-14-19(20)4)29(26(8,9)11-2)21(30)17-28-24(32)33-25(5,6)7/h13-14,16,22H,10-12,15,17H2,1-9H3,(H,27,31)(H,28,32). The lowest BCUT2D eigenvalue weighted by Gasteiger charge is -2.43. The maximum atomic E-state index is 13.5. The average Bonchev–Trinajstić information content (AvgIpc) is 2.70. The normalized spacial score (nSPS) is 12.6. The van der Waals surface area contributed by atoms with Crippen molar-refractivity contribution in [2.45, 2.75) is 98.8 Å². The minimum atomic E-state index is -0.815. The van der Waals surface area contributed by atoms with Crippen LogP contribution in [-0.4, -0.2) is 47.0 Å². The zero-order valence-corrected chi connectivity index (χ0v) is 21.9. The fraction of sp³-hybridized carbons (Fsp3) is 0.654. The van der Waals surface area contributed by atoms with E-state index < -0.39 is 23.3 Å². The third kappa shape index (κ3) is 8.71. The van der Waals surface area contributed by atoms with Gasteiger partial charge < -0.3 is 20.3 Å². The van der Waals surface area contributed by atoms with Gasteiger partial charge in [-0.05, 0) is 72.4 Å². The third-order valence-electron chi connectivity index (χ3n) is 5.63. The van der Waals surface area contributed by atoms with E-state index in [0.717, 1.165) is 29.5 Å². The molecule has 0 aliphatic carbocycles. The molecule has 2 N–H and O–H groups in total. The van der Waals surface area contributed by atoms with Gasteiger partial charge in [-0.15, -0.1) is 0 Å². The molecule has 0 heterocycles. The molecule has 7 heteroatoms. The van der Waals surface area contributed by atoms with Crippen LogP contribution in [0.2, 0.25) is 0 Å². The van der Waals surface area contributed by atoms with Crippen molar-refractivity contribution in [3.63, 3.8) is 0 Å². The fourth-order valence-electron chi connectivity index (χ4n) is 3.49. The molecule has 1 atom stereocenters. The van der Waals surface area contributed by atoms with Gasteiger partial charge in [0.2, 0.25) is 11.8 Å². The van der Waals surface area contributed by atoms with Crippen LogP contribution < -0.4 is 10.6 Å². The van der Waals surface area contributed by atoms with Crippen molar-refractivity contribution < 1.29 is 19.1 Å². The molecular weight excluding hydrogens is 418 g/mol. The van der Waals surface area contributed by atoms with E-state index in [4.69, 9.17) is 4.74 Å². The highest BCUT2D eigenvalue weighted by molar-refractivity contribution is 5.91. The van der Waals surface area contributed by atoms with E-state index in [1.807, 2.05) is 52.8 Å². The lowest BCUT2D eigenvalue weighted by molar-refractivity contribution is -0.146.